The summed E-state index contributed by atoms with van der Waals surface area (Å²) in [7, 11) is 0. The monoisotopic (exact) mass is 382 g/mol. The topological polar surface area (TPSA) is 25.2 Å². The molecule has 0 saturated carbocycles. The number of hydrogen-bond acceptors (Lipinski definition) is 2. The number of nitrogens with zero attached hydrogens (tertiary/aromatic N) is 2. The van der Waals surface area contributed by atoms with Crippen LogP contribution in [0.25, 0.3) is 22.6 Å². The molecule has 29 heavy (non-hydrogen) atoms. The predicted molar refractivity (Wildman–Crippen MR) is 126 cm³/mol. The van der Waals surface area contributed by atoms with Crippen molar-refractivity contribution in [2.45, 2.75) is 53.4 Å². The molecule has 2 heterocycles. The number of hydrogen-bond donors (Lipinski definition) is 0. The lowest BCUT2D eigenvalue weighted by atomic mass is 9.78. The second-order valence-corrected chi connectivity index (χ2v) is 10.0. The Hall–Kier alpha value is -2.74. The van der Waals surface area contributed by atoms with Crippen molar-refractivity contribution in [3.05, 3.63) is 71.4 Å². The van der Waals surface area contributed by atoms with Crippen molar-refractivity contribution >= 4 is 34.0 Å². The summed E-state index contributed by atoms with van der Waals surface area (Å²) in [5.74, 6) is 0. The highest BCUT2D eigenvalue weighted by atomic mass is 14.8. The van der Waals surface area contributed by atoms with E-state index in [0.29, 0.717) is 0 Å². The normalized spacial score (nSPS) is 16.1. The van der Waals surface area contributed by atoms with Crippen molar-refractivity contribution in [2.24, 2.45) is 10.4 Å². The third kappa shape index (κ3) is 3.76. The predicted octanol–water partition coefficient (Wildman–Crippen LogP) is 7.60. The number of fused-ring (bicyclic) bond motifs is 3. The van der Waals surface area contributed by atoms with Gasteiger partial charge in [-0.15, -0.1) is 0 Å². The Bertz CT molecular complexity index is 1120. The molecule has 0 amide bonds. The summed E-state index contributed by atoms with van der Waals surface area (Å²) in [5, 5.41) is 1.21. The summed E-state index contributed by atoms with van der Waals surface area (Å²) < 4.78 is 0. The molecular weight excluding hydrogens is 352 g/mol. The van der Waals surface area contributed by atoms with Crippen LogP contribution in [0.1, 0.15) is 64.7 Å². The molecule has 2 nitrogen and oxygen atoms in total. The molecule has 0 saturated heterocycles. The molecule has 2 heteroatoms. The molecule has 0 bridgehead atoms. The molecule has 0 spiro atoms. The summed E-state index contributed by atoms with van der Waals surface area (Å²) in [5.41, 5.74) is 8.38. The van der Waals surface area contributed by atoms with Crippen molar-refractivity contribution in [2.75, 3.05) is 0 Å². The Morgan fingerprint density at radius 2 is 1.59 bits per heavy atom. The van der Waals surface area contributed by atoms with Crippen LogP contribution in [-0.2, 0) is 5.41 Å². The van der Waals surface area contributed by atoms with E-state index in [1.807, 2.05) is 12.3 Å². The molecule has 1 aliphatic rings. The van der Waals surface area contributed by atoms with Gasteiger partial charge in [0, 0.05) is 34.7 Å². The van der Waals surface area contributed by atoms with E-state index in [0.717, 1.165) is 17.6 Å². The number of aromatic nitrogens is 1. The van der Waals surface area contributed by atoms with E-state index < -0.39 is 0 Å². The Morgan fingerprint density at radius 1 is 0.862 bits per heavy atom. The molecule has 0 aliphatic carbocycles. The summed E-state index contributed by atoms with van der Waals surface area (Å²) >= 11 is 0. The zero-order valence-electron chi connectivity index (χ0n) is 18.4. The van der Waals surface area contributed by atoms with Crippen molar-refractivity contribution in [3.63, 3.8) is 0 Å². The lowest BCUT2D eigenvalue weighted by Crippen LogP contribution is -2.23. The summed E-state index contributed by atoms with van der Waals surface area (Å²) in [4.78, 5) is 9.97. The first-order chi connectivity index (χ1) is 13.6. The van der Waals surface area contributed by atoms with Crippen molar-refractivity contribution in [1.82, 2.24) is 4.98 Å². The van der Waals surface area contributed by atoms with Crippen LogP contribution in [0, 0.1) is 5.41 Å². The zero-order chi connectivity index (χ0) is 20.8. The van der Waals surface area contributed by atoms with Gasteiger partial charge in [0.1, 0.15) is 0 Å². The fraction of sp³-hybridized carbons (Fsp3) is 0.333. The third-order valence-electron chi connectivity index (χ3n) is 5.63. The van der Waals surface area contributed by atoms with E-state index in [4.69, 9.17) is 9.98 Å². The van der Waals surface area contributed by atoms with Gasteiger partial charge in [-0.2, -0.15) is 0 Å². The first-order valence-electron chi connectivity index (χ1n) is 10.4. The van der Waals surface area contributed by atoms with Crippen LogP contribution < -0.4 is 0 Å². The van der Waals surface area contributed by atoms with E-state index in [9.17, 15) is 0 Å². The van der Waals surface area contributed by atoms with Gasteiger partial charge in [0.15, 0.2) is 0 Å². The van der Waals surface area contributed by atoms with Crippen LogP contribution in [-0.4, -0.2) is 10.7 Å². The summed E-state index contributed by atoms with van der Waals surface area (Å²) in [6.45, 7) is 13.6. The van der Waals surface area contributed by atoms with E-state index in [2.05, 4.69) is 90.1 Å². The lowest BCUT2D eigenvalue weighted by Gasteiger charge is -2.30. The number of rotatable bonds is 1. The van der Waals surface area contributed by atoms with E-state index >= 15 is 0 Å². The van der Waals surface area contributed by atoms with E-state index in [1.54, 1.807) is 0 Å². The third-order valence-corrected chi connectivity index (χ3v) is 5.63. The van der Waals surface area contributed by atoms with Crippen LogP contribution >= 0.6 is 0 Å². The average molecular weight is 383 g/mol. The second kappa shape index (κ2) is 6.95. The van der Waals surface area contributed by atoms with Crippen LogP contribution in [0.4, 0.5) is 5.69 Å². The van der Waals surface area contributed by atoms with Crippen LogP contribution in [0.15, 0.2) is 59.7 Å². The van der Waals surface area contributed by atoms with E-state index in [-0.39, 0.29) is 10.8 Å². The lowest BCUT2D eigenvalue weighted by molar-refractivity contribution is 0.582. The van der Waals surface area contributed by atoms with Gasteiger partial charge < -0.3 is 0 Å². The van der Waals surface area contributed by atoms with Gasteiger partial charge in [-0.3, -0.25) is 9.98 Å². The SMILES string of the molecule is CC(C)(C)C1=Nc2c(cc(C(C)(C)C)c3cccnc23)C(=Cc2ccccc2)C1. The molecule has 1 aliphatic heterocycles. The Kier molecular flexibility index (Phi) is 4.69. The molecule has 3 aromatic rings. The highest BCUT2D eigenvalue weighted by molar-refractivity contribution is 6.11. The molecule has 0 N–H and O–H groups in total. The molecule has 2 aromatic carbocycles. The molecule has 0 unspecified atom stereocenters. The van der Waals surface area contributed by atoms with Gasteiger partial charge in [-0.1, -0.05) is 84.0 Å². The first kappa shape index (κ1) is 19.6. The minimum absolute atomic E-state index is 0.0112. The molecular formula is C27H30N2. The average Bonchev–Trinajstić information content (AvgIpc) is 2.66. The number of pyridine rings is 1. The largest absolute Gasteiger partial charge is 0.254 e. The molecule has 1 aromatic heterocycles. The van der Waals surface area contributed by atoms with Crippen LogP contribution in [0.5, 0.6) is 0 Å². The standard InChI is InChI=1S/C27H30N2/c1-26(2,3)22-17-21-19(15-18-11-8-7-9-12-18)16-23(27(4,5)6)29-25(21)24-20(22)13-10-14-28-24/h7-15,17H,16H2,1-6H3. The maximum atomic E-state index is 5.17. The fourth-order valence-electron chi connectivity index (χ4n) is 3.97. The minimum Gasteiger partial charge on any atom is -0.254 e. The Morgan fingerprint density at radius 3 is 2.24 bits per heavy atom. The molecule has 148 valence electrons. The zero-order valence-corrected chi connectivity index (χ0v) is 18.4. The molecule has 4 rings (SSSR count). The number of allylic oxidation sites excluding steroid dienone is 1. The first-order valence-corrected chi connectivity index (χ1v) is 10.4. The van der Waals surface area contributed by atoms with Gasteiger partial charge in [0.05, 0.1) is 11.2 Å². The molecule has 0 radical (unpaired) electrons. The number of aliphatic imine (C=N–C) groups is 1. The number of benzene rings is 2. The van der Waals surface area contributed by atoms with Gasteiger partial charge >= 0.3 is 0 Å². The van der Waals surface area contributed by atoms with Crippen LogP contribution in [0.2, 0.25) is 0 Å². The summed E-state index contributed by atoms with van der Waals surface area (Å²) in [6, 6.07) is 17.2. The fourth-order valence-corrected chi connectivity index (χ4v) is 3.97. The quantitative estimate of drug-likeness (QED) is 0.425. The Balaban J connectivity index is 2.07. The second-order valence-electron chi connectivity index (χ2n) is 10.0. The van der Waals surface area contributed by atoms with Crippen molar-refractivity contribution in [3.8, 4) is 0 Å². The maximum absolute atomic E-state index is 5.17. The highest BCUT2D eigenvalue weighted by Crippen LogP contribution is 2.45. The van der Waals surface area contributed by atoms with E-state index in [1.165, 1.54) is 33.4 Å². The van der Waals surface area contributed by atoms with Crippen molar-refractivity contribution in [1.29, 1.82) is 0 Å². The summed E-state index contributed by atoms with van der Waals surface area (Å²) in [6.07, 6.45) is 5.07. The van der Waals surface area contributed by atoms with Gasteiger partial charge in [-0.25, -0.2) is 0 Å². The van der Waals surface area contributed by atoms with Gasteiger partial charge in [0.2, 0.25) is 0 Å². The van der Waals surface area contributed by atoms with Crippen molar-refractivity contribution < 1.29 is 0 Å². The highest BCUT2D eigenvalue weighted by Gasteiger charge is 2.29. The maximum Gasteiger partial charge on any atom is 0.0967 e. The van der Waals surface area contributed by atoms with Gasteiger partial charge in [0.25, 0.3) is 0 Å². The minimum atomic E-state index is 0.0112. The Labute approximate surface area is 174 Å². The van der Waals surface area contributed by atoms with Crippen LogP contribution in [0.3, 0.4) is 0 Å². The van der Waals surface area contributed by atoms with Gasteiger partial charge in [-0.05, 0) is 34.2 Å². The smallest absolute Gasteiger partial charge is 0.0967 e. The molecule has 0 atom stereocenters. The molecule has 0 fully saturated rings.